The van der Waals surface area contributed by atoms with E-state index in [1.54, 1.807) is 42.5 Å². The van der Waals surface area contributed by atoms with Gasteiger partial charge in [0, 0.05) is 5.02 Å². The van der Waals surface area contributed by atoms with Crippen molar-refractivity contribution in [3.63, 3.8) is 0 Å². The van der Waals surface area contributed by atoms with Crippen molar-refractivity contribution in [2.45, 2.75) is 5.92 Å². The van der Waals surface area contributed by atoms with E-state index in [0.717, 1.165) is 5.56 Å². The number of rotatable bonds is 3. The van der Waals surface area contributed by atoms with E-state index < -0.39 is 11.8 Å². The first-order valence-corrected chi connectivity index (χ1v) is 5.79. The second-order valence-electron chi connectivity index (χ2n) is 3.98. The maximum atomic E-state index is 11.6. The molecule has 0 aliphatic carbocycles. The van der Waals surface area contributed by atoms with Crippen molar-refractivity contribution in [1.82, 2.24) is 0 Å². The van der Waals surface area contributed by atoms with Gasteiger partial charge in [0.15, 0.2) is 0 Å². The number of benzene rings is 2. The van der Waals surface area contributed by atoms with Gasteiger partial charge in [-0.05, 0) is 35.4 Å². The first-order valence-electron chi connectivity index (χ1n) is 5.41. The number of carbonyl (C=O) groups is 1. The molecule has 92 valence electrons. The summed E-state index contributed by atoms with van der Waals surface area (Å²) < 4.78 is 0. The van der Waals surface area contributed by atoms with Crippen LogP contribution in [-0.2, 0) is 4.79 Å². The number of halogens is 1. The number of hydrogen-bond acceptors (Lipinski definition) is 2. The Labute approximate surface area is 110 Å². The Balaban J connectivity index is 2.46. The molecule has 4 heteroatoms. The van der Waals surface area contributed by atoms with E-state index in [-0.39, 0.29) is 5.75 Å². The summed E-state index contributed by atoms with van der Waals surface area (Å²) in [6, 6.07) is 13.4. The molecule has 0 bridgehead atoms. The molecule has 2 aromatic rings. The molecule has 3 nitrogen and oxygen atoms in total. The minimum absolute atomic E-state index is 0.104. The van der Waals surface area contributed by atoms with Crippen LogP contribution in [0.25, 0.3) is 0 Å². The summed E-state index contributed by atoms with van der Waals surface area (Å²) in [5, 5.41) is 10.1. The maximum absolute atomic E-state index is 11.6. The largest absolute Gasteiger partial charge is 0.508 e. The third-order valence-electron chi connectivity index (χ3n) is 2.69. The second-order valence-corrected chi connectivity index (χ2v) is 4.42. The highest BCUT2D eigenvalue weighted by atomic mass is 35.5. The number of amides is 1. The quantitative estimate of drug-likeness (QED) is 0.892. The third-order valence-corrected chi connectivity index (χ3v) is 2.94. The predicted molar refractivity (Wildman–Crippen MR) is 70.6 cm³/mol. The molecular formula is C14H12ClNO2. The van der Waals surface area contributed by atoms with Crippen molar-refractivity contribution in [3.05, 3.63) is 64.7 Å². The minimum atomic E-state index is -0.589. The van der Waals surface area contributed by atoms with Crippen LogP contribution in [0.3, 0.4) is 0 Å². The summed E-state index contributed by atoms with van der Waals surface area (Å²) in [7, 11) is 0. The normalized spacial score (nSPS) is 12.1. The van der Waals surface area contributed by atoms with Crippen molar-refractivity contribution >= 4 is 17.5 Å². The third kappa shape index (κ3) is 2.63. The lowest BCUT2D eigenvalue weighted by molar-refractivity contribution is -0.118. The first-order chi connectivity index (χ1) is 8.58. The highest BCUT2D eigenvalue weighted by molar-refractivity contribution is 6.30. The molecule has 0 spiro atoms. The van der Waals surface area contributed by atoms with Crippen molar-refractivity contribution in [1.29, 1.82) is 0 Å². The minimum Gasteiger partial charge on any atom is -0.508 e. The van der Waals surface area contributed by atoms with Crippen LogP contribution >= 0.6 is 11.6 Å². The molecule has 1 atom stereocenters. The van der Waals surface area contributed by atoms with Crippen molar-refractivity contribution < 1.29 is 9.90 Å². The fourth-order valence-electron chi connectivity index (χ4n) is 1.88. The molecule has 1 unspecified atom stereocenters. The Morgan fingerprint density at radius 1 is 1.11 bits per heavy atom. The van der Waals surface area contributed by atoms with Crippen molar-refractivity contribution in [2.24, 2.45) is 5.73 Å². The molecule has 2 aromatic carbocycles. The van der Waals surface area contributed by atoms with Gasteiger partial charge < -0.3 is 10.8 Å². The topological polar surface area (TPSA) is 63.3 Å². The molecule has 1 amide bonds. The molecule has 0 fully saturated rings. The van der Waals surface area contributed by atoms with Gasteiger partial charge in [0.1, 0.15) is 5.75 Å². The van der Waals surface area contributed by atoms with Gasteiger partial charge in [0.2, 0.25) is 5.91 Å². The van der Waals surface area contributed by atoms with Gasteiger partial charge in [-0.3, -0.25) is 4.79 Å². The predicted octanol–water partition coefficient (Wildman–Crippen LogP) is 2.66. The number of nitrogens with two attached hydrogens (primary N) is 1. The fraction of sp³-hybridized carbons (Fsp3) is 0.0714. The Hall–Kier alpha value is -2.00. The second kappa shape index (κ2) is 5.10. The molecule has 0 saturated carbocycles. The Morgan fingerprint density at radius 3 is 2.33 bits per heavy atom. The summed E-state index contributed by atoms with van der Waals surface area (Å²) >= 11 is 5.81. The van der Waals surface area contributed by atoms with Crippen LogP contribution in [0.1, 0.15) is 17.0 Å². The highest BCUT2D eigenvalue weighted by Crippen LogP contribution is 2.27. The molecule has 18 heavy (non-hydrogen) atoms. The van der Waals surface area contributed by atoms with E-state index >= 15 is 0 Å². The van der Waals surface area contributed by atoms with Gasteiger partial charge in [0.25, 0.3) is 0 Å². The van der Waals surface area contributed by atoms with Gasteiger partial charge in [-0.2, -0.15) is 0 Å². The van der Waals surface area contributed by atoms with E-state index in [0.29, 0.717) is 10.6 Å². The lowest BCUT2D eigenvalue weighted by atomic mass is 9.91. The molecule has 0 heterocycles. The summed E-state index contributed by atoms with van der Waals surface area (Å²) in [5.74, 6) is -0.954. The van der Waals surface area contributed by atoms with Gasteiger partial charge in [-0.1, -0.05) is 35.9 Å². The number of carbonyl (C=O) groups excluding carboxylic acids is 1. The molecular weight excluding hydrogens is 250 g/mol. The van der Waals surface area contributed by atoms with Crippen molar-refractivity contribution in [3.8, 4) is 5.75 Å². The smallest absolute Gasteiger partial charge is 0.229 e. The maximum Gasteiger partial charge on any atom is 0.229 e. The highest BCUT2D eigenvalue weighted by Gasteiger charge is 2.20. The molecule has 0 aromatic heterocycles. The summed E-state index contributed by atoms with van der Waals surface area (Å²) in [4.78, 5) is 11.6. The molecule has 3 N–H and O–H groups in total. The number of hydrogen-bond donors (Lipinski definition) is 2. The number of phenols is 1. The standard InChI is InChI=1S/C14H12ClNO2/c15-11-6-4-9(5-7-11)13(14(16)18)10-2-1-3-12(17)8-10/h1-8,13,17H,(H2,16,18). The van der Waals surface area contributed by atoms with Crippen LogP contribution in [0.5, 0.6) is 5.75 Å². The average molecular weight is 262 g/mol. The molecule has 0 saturated heterocycles. The molecule has 0 aliphatic rings. The zero-order valence-electron chi connectivity index (χ0n) is 9.51. The molecule has 2 rings (SSSR count). The number of aromatic hydroxyl groups is 1. The Morgan fingerprint density at radius 2 is 1.78 bits per heavy atom. The monoisotopic (exact) mass is 261 g/mol. The van der Waals surface area contributed by atoms with E-state index in [2.05, 4.69) is 0 Å². The van der Waals surface area contributed by atoms with Gasteiger partial charge in [-0.15, -0.1) is 0 Å². The van der Waals surface area contributed by atoms with E-state index in [1.807, 2.05) is 0 Å². The van der Waals surface area contributed by atoms with Gasteiger partial charge in [-0.25, -0.2) is 0 Å². The first kappa shape index (κ1) is 12.5. The van der Waals surface area contributed by atoms with E-state index in [9.17, 15) is 9.90 Å². The lowest BCUT2D eigenvalue weighted by Crippen LogP contribution is -2.22. The molecule has 0 aliphatic heterocycles. The summed E-state index contributed by atoms with van der Waals surface area (Å²) in [6.45, 7) is 0. The SMILES string of the molecule is NC(=O)C(c1ccc(Cl)cc1)c1cccc(O)c1. The fourth-order valence-corrected chi connectivity index (χ4v) is 2.01. The van der Waals surface area contributed by atoms with E-state index in [4.69, 9.17) is 17.3 Å². The van der Waals surface area contributed by atoms with Crippen LogP contribution < -0.4 is 5.73 Å². The van der Waals surface area contributed by atoms with Crippen LogP contribution in [0.15, 0.2) is 48.5 Å². The van der Waals surface area contributed by atoms with Crippen LogP contribution in [-0.4, -0.2) is 11.0 Å². The molecule has 0 radical (unpaired) electrons. The Kier molecular flexibility index (Phi) is 3.53. The van der Waals surface area contributed by atoms with Gasteiger partial charge >= 0.3 is 0 Å². The Bertz CT molecular complexity index is 566. The van der Waals surface area contributed by atoms with Crippen molar-refractivity contribution in [2.75, 3.05) is 0 Å². The lowest BCUT2D eigenvalue weighted by Gasteiger charge is -2.14. The van der Waals surface area contributed by atoms with Gasteiger partial charge in [0.05, 0.1) is 5.92 Å². The van der Waals surface area contributed by atoms with E-state index in [1.165, 1.54) is 6.07 Å². The average Bonchev–Trinajstić information content (AvgIpc) is 2.32. The number of primary amides is 1. The zero-order valence-corrected chi connectivity index (χ0v) is 10.3. The zero-order chi connectivity index (χ0) is 13.1. The number of phenolic OH excluding ortho intramolecular Hbond substituents is 1. The van der Waals surface area contributed by atoms with Crippen LogP contribution in [0.2, 0.25) is 5.02 Å². The summed E-state index contributed by atoms with van der Waals surface area (Å²) in [6.07, 6.45) is 0. The van der Waals surface area contributed by atoms with Crippen LogP contribution in [0, 0.1) is 0 Å². The van der Waals surface area contributed by atoms with Crippen LogP contribution in [0.4, 0.5) is 0 Å². The summed E-state index contributed by atoms with van der Waals surface area (Å²) in [5.41, 5.74) is 6.84.